The minimum absolute atomic E-state index is 0.150. The van der Waals surface area contributed by atoms with Crippen LogP contribution in [0.2, 0.25) is 0 Å². The van der Waals surface area contributed by atoms with Crippen LogP contribution in [0.3, 0.4) is 0 Å². The number of nitrogens with one attached hydrogen (secondary N) is 1. The molecule has 0 atom stereocenters. The molecule has 0 bridgehead atoms. The van der Waals surface area contributed by atoms with Crippen LogP contribution in [0.25, 0.3) is 21.3 Å². The summed E-state index contributed by atoms with van der Waals surface area (Å²) in [6.07, 6.45) is 4.85. The van der Waals surface area contributed by atoms with E-state index in [0.29, 0.717) is 60.8 Å². The molecule has 298 valence electrons. The van der Waals surface area contributed by atoms with Gasteiger partial charge >= 0.3 is 11.9 Å². The number of carbonyl (C=O) groups excluding carboxylic acids is 3. The van der Waals surface area contributed by atoms with Crippen LogP contribution in [0.1, 0.15) is 85.4 Å². The summed E-state index contributed by atoms with van der Waals surface area (Å²) >= 11 is 1.45. The largest absolute Gasteiger partial charge is 0.494 e. The van der Waals surface area contributed by atoms with Gasteiger partial charge in [-0.2, -0.15) is 0 Å². The van der Waals surface area contributed by atoms with Crippen LogP contribution >= 0.6 is 11.3 Å². The van der Waals surface area contributed by atoms with Gasteiger partial charge in [0.15, 0.2) is 10.8 Å². The molecular weight excluding hydrogens is 739 g/mol. The fourth-order valence-electron chi connectivity index (χ4n) is 7.56. The molecule has 0 radical (unpaired) electrons. The Labute approximate surface area is 338 Å². The van der Waals surface area contributed by atoms with E-state index in [1.165, 1.54) is 11.3 Å². The van der Waals surface area contributed by atoms with Gasteiger partial charge in [-0.05, 0) is 138 Å². The lowest BCUT2D eigenvalue weighted by Crippen LogP contribution is -2.38. The molecule has 5 aromatic rings. The minimum atomic E-state index is -0.718. The maximum atomic E-state index is 13.8. The zero-order valence-corrected chi connectivity index (χ0v) is 34.0. The van der Waals surface area contributed by atoms with Crippen molar-refractivity contribution in [2.24, 2.45) is 5.92 Å². The van der Waals surface area contributed by atoms with Crippen LogP contribution in [-0.2, 0) is 27.2 Å². The first-order valence-corrected chi connectivity index (χ1v) is 20.7. The number of thiazole rings is 1. The smallest absolute Gasteiger partial charge is 0.358 e. The highest BCUT2D eigenvalue weighted by molar-refractivity contribution is 7.22. The highest BCUT2D eigenvalue weighted by Crippen LogP contribution is 2.33. The summed E-state index contributed by atoms with van der Waals surface area (Å²) < 4.78 is 18.2. The number of esters is 2. The Morgan fingerprint density at radius 3 is 2.53 bits per heavy atom. The molecule has 1 saturated heterocycles. The number of hydrogen-bond donors (Lipinski definition) is 1. The number of para-hydroxylation sites is 1. The fraction of sp³-hybridized carbons (Fsp3) is 0.400. The molecule has 57 heavy (non-hydrogen) atoms. The predicted octanol–water partition coefficient (Wildman–Crippen LogP) is 8.56. The number of aromatic nitrogens is 2. The molecule has 0 aliphatic carbocycles. The molecule has 11 nitrogen and oxygen atoms in total. The summed E-state index contributed by atoms with van der Waals surface area (Å²) in [6.45, 7) is 11.7. The van der Waals surface area contributed by atoms with Gasteiger partial charge < -0.3 is 19.1 Å². The number of rotatable bonds is 13. The lowest BCUT2D eigenvalue weighted by Gasteiger charge is -2.31. The van der Waals surface area contributed by atoms with Crippen LogP contribution in [0.4, 0.5) is 10.9 Å². The fourth-order valence-corrected chi connectivity index (χ4v) is 8.42. The average Bonchev–Trinajstić information content (AvgIpc) is 3.61. The number of hydrogen-bond acceptors (Lipinski definition) is 11. The first-order valence-electron chi connectivity index (χ1n) is 19.9. The Hall–Kier alpha value is -5.33. The maximum absolute atomic E-state index is 13.8. The van der Waals surface area contributed by atoms with E-state index in [4.69, 9.17) is 19.2 Å². The Morgan fingerprint density at radius 1 is 0.930 bits per heavy atom. The summed E-state index contributed by atoms with van der Waals surface area (Å²) in [5.74, 6) is 1.10. The molecule has 1 fully saturated rings. The number of fused-ring (bicyclic) bond motifs is 2. The minimum Gasteiger partial charge on any atom is -0.494 e. The number of piperidine rings is 1. The Morgan fingerprint density at radius 2 is 1.74 bits per heavy atom. The standard InChI is InChI=1S/C45H51N5O6S/c1-5-54-40(51)29-49-23-20-30(21-24-49)11-10-26-55-33-14-8-13-32(27-33)34-18-19-39(47-41(34)43(53)56-45(2,3)4)50-25-22-31-12-9-15-35(36(31)28-50)42(52)48-44-46-37-16-6-7-17-38(37)57-44/h6-9,12-19,27,30H,5,10-11,20-26,28-29H2,1-4H3,(H,46,48,52). The second kappa shape index (κ2) is 17.9. The third-order valence-electron chi connectivity index (χ3n) is 10.4. The van der Waals surface area contributed by atoms with Crippen molar-refractivity contribution in [2.45, 2.75) is 71.9 Å². The van der Waals surface area contributed by atoms with Gasteiger partial charge in [0.1, 0.15) is 17.2 Å². The van der Waals surface area contributed by atoms with Gasteiger partial charge in [-0.25, -0.2) is 14.8 Å². The van der Waals surface area contributed by atoms with Crippen LogP contribution in [0, 0.1) is 5.92 Å². The Bertz CT molecular complexity index is 2190. The topological polar surface area (TPSA) is 123 Å². The van der Waals surface area contributed by atoms with Crippen LogP contribution in [0.15, 0.2) is 78.9 Å². The molecule has 4 heterocycles. The van der Waals surface area contributed by atoms with E-state index < -0.39 is 11.6 Å². The average molecular weight is 790 g/mol. The zero-order valence-electron chi connectivity index (χ0n) is 33.2. The van der Waals surface area contributed by atoms with E-state index in [-0.39, 0.29) is 17.6 Å². The molecule has 2 aromatic heterocycles. The number of likely N-dealkylation sites (tertiary alicyclic amines) is 1. The lowest BCUT2D eigenvalue weighted by molar-refractivity contribution is -0.144. The first-order chi connectivity index (χ1) is 27.5. The number of anilines is 2. The Kier molecular flexibility index (Phi) is 12.5. The van der Waals surface area contributed by atoms with E-state index in [0.717, 1.165) is 77.9 Å². The number of carbonyl (C=O) groups is 3. The van der Waals surface area contributed by atoms with Gasteiger partial charge in [0, 0.05) is 24.2 Å². The van der Waals surface area contributed by atoms with E-state index in [2.05, 4.69) is 26.2 Å². The second-order valence-electron chi connectivity index (χ2n) is 15.7. The van der Waals surface area contributed by atoms with Gasteiger partial charge in [-0.3, -0.25) is 19.8 Å². The van der Waals surface area contributed by atoms with Crippen molar-refractivity contribution in [3.63, 3.8) is 0 Å². The molecule has 0 spiro atoms. The SMILES string of the molecule is CCOC(=O)CN1CCC(CCCOc2cccc(-c3ccc(N4CCc5cccc(C(=O)Nc6nc7ccccc7s6)c5C4)nc3C(=O)OC(C)(C)C)c2)CC1. The van der Waals surface area contributed by atoms with Gasteiger partial charge in [0.05, 0.1) is 30.0 Å². The molecule has 2 aliphatic heterocycles. The highest BCUT2D eigenvalue weighted by Gasteiger charge is 2.28. The van der Waals surface area contributed by atoms with Gasteiger partial charge in [-0.1, -0.05) is 47.7 Å². The van der Waals surface area contributed by atoms with Crippen molar-refractivity contribution >= 4 is 50.3 Å². The molecule has 12 heteroatoms. The monoisotopic (exact) mass is 789 g/mol. The summed E-state index contributed by atoms with van der Waals surface area (Å²) in [6, 6.07) is 25.3. The van der Waals surface area contributed by atoms with Crippen molar-refractivity contribution in [1.29, 1.82) is 0 Å². The van der Waals surface area contributed by atoms with Crippen LogP contribution in [-0.4, -0.2) is 77.7 Å². The zero-order chi connectivity index (χ0) is 39.9. The summed E-state index contributed by atoms with van der Waals surface area (Å²) in [5, 5.41) is 3.57. The maximum Gasteiger partial charge on any atom is 0.358 e. The number of amides is 1. The number of benzene rings is 3. The molecule has 0 saturated carbocycles. The summed E-state index contributed by atoms with van der Waals surface area (Å²) in [5.41, 5.74) is 4.44. The van der Waals surface area contributed by atoms with Crippen LogP contribution < -0.4 is 15.0 Å². The summed E-state index contributed by atoms with van der Waals surface area (Å²) in [7, 11) is 0. The quantitative estimate of drug-likeness (QED) is 0.0917. The predicted molar refractivity (Wildman–Crippen MR) is 224 cm³/mol. The van der Waals surface area contributed by atoms with Gasteiger partial charge in [0.2, 0.25) is 0 Å². The van der Waals surface area contributed by atoms with Crippen molar-refractivity contribution in [1.82, 2.24) is 14.9 Å². The van der Waals surface area contributed by atoms with Crippen molar-refractivity contribution < 1.29 is 28.6 Å². The number of ether oxygens (including phenoxy) is 3. The molecule has 0 unspecified atom stereocenters. The van der Waals surface area contributed by atoms with Gasteiger partial charge in [0.25, 0.3) is 5.91 Å². The van der Waals surface area contributed by atoms with E-state index in [1.54, 1.807) is 0 Å². The molecule has 1 amide bonds. The molecule has 3 aromatic carbocycles. The van der Waals surface area contributed by atoms with Gasteiger partial charge in [-0.15, -0.1) is 0 Å². The van der Waals surface area contributed by atoms with Crippen molar-refractivity contribution in [3.8, 4) is 16.9 Å². The molecule has 7 rings (SSSR count). The molecular formula is C45H51N5O6S. The second-order valence-corrected chi connectivity index (χ2v) is 16.7. The Balaban J connectivity index is 1.03. The normalized spacial score (nSPS) is 14.9. The molecule has 2 aliphatic rings. The van der Waals surface area contributed by atoms with E-state index >= 15 is 0 Å². The van der Waals surface area contributed by atoms with E-state index in [1.807, 2.05) is 100 Å². The van der Waals surface area contributed by atoms with Crippen LogP contribution in [0.5, 0.6) is 5.75 Å². The summed E-state index contributed by atoms with van der Waals surface area (Å²) in [4.78, 5) is 53.1. The third kappa shape index (κ3) is 10.2. The van der Waals surface area contributed by atoms with Crippen molar-refractivity contribution in [3.05, 3.63) is 101 Å². The number of nitrogens with zero attached hydrogens (tertiary/aromatic N) is 4. The first kappa shape index (κ1) is 39.9. The third-order valence-corrected chi connectivity index (χ3v) is 11.3. The number of pyridine rings is 1. The van der Waals surface area contributed by atoms with Crippen molar-refractivity contribution in [2.75, 3.05) is 49.6 Å². The lowest BCUT2D eigenvalue weighted by atomic mass is 9.92. The molecule has 1 N–H and O–H groups in total. The van der Waals surface area contributed by atoms with E-state index in [9.17, 15) is 14.4 Å². The highest BCUT2D eigenvalue weighted by atomic mass is 32.1.